The smallest absolute Gasteiger partial charge is 0.339 e. The third-order valence-electron chi connectivity index (χ3n) is 2.42. The molecular formula is C12H16BrNO3. The molecule has 2 N–H and O–H groups in total. The van der Waals surface area contributed by atoms with E-state index in [4.69, 9.17) is 0 Å². The number of hydrogen-bond acceptors (Lipinski definition) is 4. The van der Waals surface area contributed by atoms with E-state index in [1.807, 2.05) is 25.1 Å². The Hall–Kier alpha value is -1.07. The van der Waals surface area contributed by atoms with Crippen molar-refractivity contribution < 1.29 is 14.6 Å². The number of carbonyl (C=O) groups excluding carboxylic acids is 1. The lowest BCUT2D eigenvalue weighted by Crippen LogP contribution is -2.42. The van der Waals surface area contributed by atoms with E-state index in [0.29, 0.717) is 0 Å². The van der Waals surface area contributed by atoms with Gasteiger partial charge in [0.15, 0.2) is 5.60 Å². The van der Waals surface area contributed by atoms with Crippen molar-refractivity contribution in [3.05, 3.63) is 28.2 Å². The van der Waals surface area contributed by atoms with Crippen molar-refractivity contribution in [2.75, 3.05) is 19.0 Å². The van der Waals surface area contributed by atoms with Crippen LogP contribution in [-0.2, 0) is 9.53 Å². The number of halogens is 1. The van der Waals surface area contributed by atoms with Crippen LogP contribution in [0.25, 0.3) is 0 Å². The lowest BCUT2D eigenvalue weighted by atomic mass is 10.1. The number of aryl methyl sites for hydroxylation is 1. The summed E-state index contributed by atoms with van der Waals surface area (Å²) >= 11 is 3.40. The van der Waals surface area contributed by atoms with E-state index in [-0.39, 0.29) is 6.54 Å². The Morgan fingerprint density at radius 3 is 2.76 bits per heavy atom. The van der Waals surface area contributed by atoms with Gasteiger partial charge in [-0.15, -0.1) is 0 Å². The van der Waals surface area contributed by atoms with E-state index in [1.165, 1.54) is 14.0 Å². The van der Waals surface area contributed by atoms with E-state index < -0.39 is 11.6 Å². The van der Waals surface area contributed by atoms with Gasteiger partial charge in [-0.3, -0.25) is 0 Å². The first-order chi connectivity index (χ1) is 7.86. The maximum atomic E-state index is 11.3. The highest BCUT2D eigenvalue weighted by molar-refractivity contribution is 9.10. The molecular weight excluding hydrogens is 286 g/mol. The van der Waals surface area contributed by atoms with Gasteiger partial charge in [0.05, 0.1) is 13.7 Å². The average molecular weight is 302 g/mol. The minimum atomic E-state index is -1.53. The number of hydrogen-bond donors (Lipinski definition) is 2. The average Bonchev–Trinajstić information content (AvgIpc) is 2.29. The number of carbonyl (C=O) groups is 1. The Bertz CT molecular complexity index is 418. The van der Waals surface area contributed by atoms with E-state index in [0.717, 1.165) is 15.7 Å². The number of anilines is 1. The molecule has 0 amide bonds. The Balaban J connectivity index is 2.67. The summed E-state index contributed by atoms with van der Waals surface area (Å²) in [6, 6.07) is 5.70. The Morgan fingerprint density at radius 1 is 1.59 bits per heavy atom. The van der Waals surface area contributed by atoms with Gasteiger partial charge in [0.25, 0.3) is 0 Å². The molecule has 5 heteroatoms. The van der Waals surface area contributed by atoms with Crippen molar-refractivity contribution in [1.82, 2.24) is 0 Å². The summed E-state index contributed by atoms with van der Waals surface area (Å²) in [5.41, 5.74) is 0.387. The standard InChI is InChI=1S/C12H16BrNO3/c1-8-6-9(4-5-10(8)13)14-7-12(2,16)11(15)17-3/h4-6,14,16H,7H2,1-3H3. The van der Waals surface area contributed by atoms with E-state index >= 15 is 0 Å². The maximum Gasteiger partial charge on any atom is 0.339 e. The summed E-state index contributed by atoms with van der Waals surface area (Å²) in [6.07, 6.45) is 0. The number of rotatable bonds is 4. The van der Waals surface area contributed by atoms with Crippen molar-refractivity contribution in [2.24, 2.45) is 0 Å². The molecule has 17 heavy (non-hydrogen) atoms. The molecule has 0 saturated carbocycles. The number of nitrogens with one attached hydrogen (secondary N) is 1. The van der Waals surface area contributed by atoms with Crippen molar-refractivity contribution in [3.8, 4) is 0 Å². The van der Waals surface area contributed by atoms with Crippen molar-refractivity contribution >= 4 is 27.6 Å². The molecule has 0 spiro atoms. The van der Waals surface area contributed by atoms with E-state index in [9.17, 15) is 9.90 Å². The fraction of sp³-hybridized carbons (Fsp3) is 0.417. The van der Waals surface area contributed by atoms with Gasteiger partial charge in [-0.05, 0) is 37.6 Å². The minimum absolute atomic E-state index is 0.0980. The van der Waals surface area contributed by atoms with Crippen LogP contribution in [0, 0.1) is 6.92 Å². The van der Waals surface area contributed by atoms with Gasteiger partial charge >= 0.3 is 5.97 Å². The first kappa shape index (κ1) is 14.0. The lowest BCUT2D eigenvalue weighted by molar-refractivity contribution is -0.158. The SMILES string of the molecule is COC(=O)C(C)(O)CNc1ccc(Br)c(C)c1. The van der Waals surface area contributed by atoms with E-state index in [2.05, 4.69) is 26.0 Å². The molecule has 0 aliphatic carbocycles. The van der Waals surface area contributed by atoms with Gasteiger partial charge in [0.1, 0.15) is 0 Å². The summed E-state index contributed by atoms with van der Waals surface area (Å²) in [4.78, 5) is 11.3. The first-order valence-electron chi connectivity index (χ1n) is 5.17. The van der Waals surface area contributed by atoms with Gasteiger partial charge in [-0.2, -0.15) is 0 Å². The zero-order chi connectivity index (χ0) is 13.1. The fourth-order valence-corrected chi connectivity index (χ4v) is 1.57. The third kappa shape index (κ3) is 3.71. The second-order valence-electron chi connectivity index (χ2n) is 4.08. The zero-order valence-corrected chi connectivity index (χ0v) is 11.7. The Labute approximate surface area is 109 Å². The van der Waals surface area contributed by atoms with Crippen molar-refractivity contribution in [2.45, 2.75) is 19.4 Å². The Morgan fingerprint density at radius 2 is 2.24 bits per heavy atom. The molecule has 1 rings (SSSR count). The highest BCUT2D eigenvalue weighted by Gasteiger charge is 2.31. The van der Waals surface area contributed by atoms with Crippen LogP contribution in [0.2, 0.25) is 0 Å². The molecule has 1 unspecified atom stereocenters. The topological polar surface area (TPSA) is 58.6 Å². The van der Waals surface area contributed by atoms with Crippen LogP contribution < -0.4 is 5.32 Å². The van der Waals surface area contributed by atoms with Crippen LogP contribution in [0.1, 0.15) is 12.5 Å². The van der Waals surface area contributed by atoms with Gasteiger partial charge in [-0.25, -0.2) is 4.79 Å². The number of benzene rings is 1. The monoisotopic (exact) mass is 301 g/mol. The molecule has 0 bridgehead atoms. The molecule has 0 aromatic heterocycles. The molecule has 4 nitrogen and oxygen atoms in total. The number of methoxy groups -OCH3 is 1. The fourth-order valence-electron chi connectivity index (χ4n) is 1.32. The normalized spacial score (nSPS) is 13.9. The van der Waals surface area contributed by atoms with Gasteiger partial charge < -0.3 is 15.2 Å². The largest absolute Gasteiger partial charge is 0.467 e. The summed E-state index contributed by atoms with van der Waals surface area (Å²) in [7, 11) is 1.25. The van der Waals surface area contributed by atoms with Gasteiger partial charge in [0.2, 0.25) is 0 Å². The molecule has 1 aromatic rings. The van der Waals surface area contributed by atoms with E-state index in [1.54, 1.807) is 0 Å². The summed E-state index contributed by atoms with van der Waals surface area (Å²) in [5, 5.41) is 12.8. The number of aliphatic hydroxyl groups is 1. The third-order valence-corrected chi connectivity index (χ3v) is 3.31. The van der Waals surface area contributed by atoms with Crippen LogP contribution in [0.4, 0.5) is 5.69 Å². The second-order valence-corrected chi connectivity index (χ2v) is 4.94. The predicted molar refractivity (Wildman–Crippen MR) is 70.0 cm³/mol. The number of esters is 1. The van der Waals surface area contributed by atoms with Crippen LogP contribution in [0.3, 0.4) is 0 Å². The Kier molecular flexibility index (Phi) is 4.54. The minimum Gasteiger partial charge on any atom is -0.467 e. The van der Waals surface area contributed by atoms with Gasteiger partial charge in [-0.1, -0.05) is 15.9 Å². The summed E-state index contributed by atoms with van der Waals surface area (Å²) in [5.74, 6) is -0.654. The molecule has 0 aliphatic rings. The highest BCUT2D eigenvalue weighted by Crippen LogP contribution is 2.20. The first-order valence-corrected chi connectivity index (χ1v) is 5.97. The molecule has 0 heterocycles. The second kappa shape index (κ2) is 5.51. The number of ether oxygens (including phenoxy) is 1. The molecule has 0 fully saturated rings. The van der Waals surface area contributed by atoms with Gasteiger partial charge in [0, 0.05) is 10.2 Å². The molecule has 1 atom stereocenters. The molecule has 1 aromatic carbocycles. The predicted octanol–water partition coefficient (Wildman–Crippen LogP) is 2.09. The summed E-state index contributed by atoms with van der Waals surface area (Å²) in [6.45, 7) is 3.48. The molecule has 94 valence electrons. The van der Waals surface area contributed by atoms with Crippen LogP contribution in [-0.4, -0.2) is 30.3 Å². The maximum absolute atomic E-state index is 11.3. The zero-order valence-electron chi connectivity index (χ0n) is 10.1. The molecule has 0 saturated heterocycles. The van der Waals surface area contributed by atoms with Crippen LogP contribution in [0.5, 0.6) is 0 Å². The molecule has 0 aliphatic heterocycles. The van der Waals surface area contributed by atoms with Crippen LogP contribution in [0.15, 0.2) is 22.7 Å². The highest BCUT2D eigenvalue weighted by atomic mass is 79.9. The quantitative estimate of drug-likeness (QED) is 0.836. The molecule has 0 radical (unpaired) electrons. The van der Waals surface area contributed by atoms with Crippen LogP contribution >= 0.6 is 15.9 Å². The summed E-state index contributed by atoms with van der Waals surface area (Å²) < 4.78 is 5.53. The van der Waals surface area contributed by atoms with Crippen molar-refractivity contribution in [3.63, 3.8) is 0 Å². The van der Waals surface area contributed by atoms with Crippen molar-refractivity contribution in [1.29, 1.82) is 0 Å². The lowest BCUT2D eigenvalue weighted by Gasteiger charge is -2.21.